The number of rotatable bonds is 5. The lowest BCUT2D eigenvalue weighted by Crippen LogP contribution is -2.48. The van der Waals surface area contributed by atoms with E-state index in [2.05, 4.69) is 45.9 Å². The van der Waals surface area contributed by atoms with Gasteiger partial charge in [-0.2, -0.15) is 0 Å². The molecule has 0 bridgehead atoms. The standard InChI is InChI=1S/C20H32N4O/c1-17-6-4-7-18(21-17)16-23-12-5-9-20(11-13-23)10-8-19(25)24(20)15-14-22(2)3/h4,6-7H,5,8-16H2,1-3H3/t20-/m1/s1. The largest absolute Gasteiger partial charge is 0.336 e. The van der Waals surface area contributed by atoms with Crippen molar-refractivity contribution < 1.29 is 4.79 Å². The Morgan fingerprint density at radius 3 is 2.80 bits per heavy atom. The van der Waals surface area contributed by atoms with Gasteiger partial charge in [0.15, 0.2) is 0 Å². The fourth-order valence-electron chi connectivity index (χ4n) is 4.37. The number of hydrogen-bond donors (Lipinski definition) is 0. The summed E-state index contributed by atoms with van der Waals surface area (Å²) in [5.74, 6) is 0.357. The summed E-state index contributed by atoms with van der Waals surface area (Å²) < 4.78 is 0. The highest BCUT2D eigenvalue weighted by Gasteiger charge is 2.45. The maximum atomic E-state index is 12.5. The number of amides is 1. The predicted octanol–water partition coefficient (Wildman–Crippen LogP) is 2.30. The van der Waals surface area contributed by atoms with Crippen molar-refractivity contribution in [2.75, 3.05) is 40.3 Å². The van der Waals surface area contributed by atoms with E-state index < -0.39 is 0 Å². The van der Waals surface area contributed by atoms with E-state index in [9.17, 15) is 4.79 Å². The summed E-state index contributed by atoms with van der Waals surface area (Å²) in [4.78, 5) is 24.0. The lowest BCUT2D eigenvalue weighted by Gasteiger charge is -2.39. The van der Waals surface area contributed by atoms with Gasteiger partial charge in [-0.25, -0.2) is 0 Å². The van der Waals surface area contributed by atoms with Crippen LogP contribution in [0.3, 0.4) is 0 Å². The molecule has 0 aromatic carbocycles. The van der Waals surface area contributed by atoms with Gasteiger partial charge < -0.3 is 9.80 Å². The molecular formula is C20H32N4O. The van der Waals surface area contributed by atoms with Gasteiger partial charge in [0.05, 0.1) is 5.69 Å². The SMILES string of the molecule is Cc1cccc(CN2CCC[C@@]3(CCC(=O)N3CCN(C)C)CC2)n1. The molecule has 25 heavy (non-hydrogen) atoms. The van der Waals surface area contributed by atoms with Gasteiger partial charge in [0, 0.05) is 43.8 Å². The minimum Gasteiger partial charge on any atom is -0.336 e. The van der Waals surface area contributed by atoms with E-state index in [1.807, 2.05) is 13.0 Å². The molecule has 138 valence electrons. The monoisotopic (exact) mass is 344 g/mol. The van der Waals surface area contributed by atoms with Crippen LogP contribution in [0.2, 0.25) is 0 Å². The maximum absolute atomic E-state index is 12.5. The Morgan fingerprint density at radius 1 is 1.20 bits per heavy atom. The molecule has 1 spiro atoms. The number of likely N-dealkylation sites (N-methyl/N-ethyl adjacent to an activating group) is 1. The van der Waals surface area contributed by atoms with Crippen LogP contribution in [0.25, 0.3) is 0 Å². The predicted molar refractivity (Wildman–Crippen MR) is 100 cm³/mol. The fourth-order valence-corrected chi connectivity index (χ4v) is 4.37. The van der Waals surface area contributed by atoms with Crippen molar-refractivity contribution in [2.24, 2.45) is 0 Å². The summed E-state index contributed by atoms with van der Waals surface area (Å²) in [7, 11) is 4.16. The van der Waals surface area contributed by atoms with Crippen molar-refractivity contribution in [1.29, 1.82) is 0 Å². The number of carbonyl (C=O) groups is 1. The zero-order valence-electron chi connectivity index (χ0n) is 16.0. The molecule has 2 saturated heterocycles. The first-order valence-corrected chi connectivity index (χ1v) is 9.59. The summed E-state index contributed by atoms with van der Waals surface area (Å²) in [5.41, 5.74) is 2.34. The molecule has 2 fully saturated rings. The highest BCUT2D eigenvalue weighted by Crippen LogP contribution is 2.39. The van der Waals surface area contributed by atoms with Crippen LogP contribution >= 0.6 is 0 Å². The molecule has 1 aromatic heterocycles. The number of likely N-dealkylation sites (tertiary alicyclic amines) is 2. The van der Waals surface area contributed by atoms with Crippen molar-refractivity contribution in [3.05, 3.63) is 29.6 Å². The highest BCUT2D eigenvalue weighted by molar-refractivity contribution is 5.79. The molecule has 0 unspecified atom stereocenters. The third-order valence-corrected chi connectivity index (χ3v) is 5.79. The molecule has 2 aliphatic heterocycles. The first-order chi connectivity index (χ1) is 12.0. The first-order valence-electron chi connectivity index (χ1n) is 9.59. The number of aryl methyl sites for hydroxylation is 1. The second kappa shape index (κ2) is 7.83. The third-order valence-electron chi connectivity index (χ3n) is 5.79. The minimum atomic E-state index is 0.0991. The third kappa shape index (κ3) is 4.39. The molecule has 3 rings (SSSR count). The molecule has 2 aliphatic rings. The fraction of sp³-hybridized carbons (Fsp3) is 0.700. The maximum Gasteiger partial charge on any atom is 0.223 e. The average Bonchev–Trinajstić information content (AvgIpc) is 2.73. The van der Waals surface area contributed by atoms with Gasteiger partial charge in [0.1, 0.15) is 0 Å². The van der Waals surface area contributed by atoms with Crippen molar-refractivity contribution in [2.45, 2.75) is 51.1 Å². The topological polar surface area (TPSA) is 39.7 Å². The number of hydrogen-bond acceptors (Lipinski definition) is 4. The van der Waals surface area contributed by atoms with E-state index in [0.717, 1.165) is 76.2 Å². The van der Waals surface area contributed by atoms with Gasteiger partial charge in [0.25, 0.3) is 0 Å². The van der Waals surface area contributed by atoms with Gasteiger partial charge in [-0.1, -0.05) is 6.07 Å². The molecule has 0 aliphatic carbocycles. The zero-order valence-corrected chi connectivity index (χ0v) is 16.0. The molecule has 1 amide bonds. The highest BCUT2D eigenvalue weighted by atomic mass is 16.2. The van der Waals surface area contributed by atoms with Gasteiger partial charge >= 0.3 is 0 Å². The number of aromatic nitrogens is 1. The van der Waals surface area contributed by atoms with Gasteiger partial charge in [-0.05, 0) is 65.4 Å². The Hall–Kier alpha value is -1.46. The molecule has 0 saturated carbocycles. The molecule has 5 nitrogen and oxygen atoms in total. The Kier molecular flexibility index (Phi) is 5.74. The Morgan fingerprint density at radius 2 is 2.04 bits per heavy atom. The molecule has 1 aromatic rings. The second-order valence-electron chi connectivity index (χ2n) is 7.97. The van der Waals surface area contributed by atoms with Crippen LogP contribution in [0.15, 0.2) is 18.2 Å². The van der Waals surface area contributed by atoms with Crippen molar-refractivity contribution >= 4 is 5.91 Å². The van der Waals surface area contributed by atoms with Crippen LogP contribution in [0.4, 0.5) is 0 Å². The van der Waals surface area contributed by atoms with Crippen LogP contribution in [0.5, 0.6) is 0 Å². The first kappa shape index (κ1) is 18.3. The van der Waals surface area contributed by atoms with Crippen LogP contribution in [-0.4, -0.2) is 71.4 Å². The van der Waals surface area contributed by atoms with E-state index in [-0.39, 0.29) is 5.54 Å². The number of nitrogens with zero attached hydrogens (tertiary/aromatic N) is 4. The average molecular weight is 345 g/mol. The number of carbonyl (C=O) groups excluding carboxylic acids is 1. The molecule has 5 heteroatoms. The van der Waals surface area contributed by atoms with E-state index in [4.69, 9.17) is 0 Å². The lowest BCUT2D eigenvalue weighted by atomic mass is 9.87. The molecule has 0 radical (unpaired) electrons. The summed E-state index contributed by atoms with van der Waals surface area (Å²) >= 11 is 0. The normalized spacial score (nSPS) is 25.1. The Labute approximate surface area is 152 Å². The van der Waals surface area contributed by atoms with Crippen molar-refractivity contribution in [3.63, 3.8) is 0 Å². The Bertz CT molecular complexity index is 603. The van der Waals surface area contributed by atoms with Gasteiger partial charge in [-0.15, -0.1) is 0 Å². The minimum absolute atomic E-state index is 0.0991. The zero-order chi connectivity index (χ0) is 17.9. The van der Waals surface area contributed by atoms with E-state index in [0.29, 0.717) is 5.91 Å². The summed E-state index contributed by atoms with van der Waals surface area (Å²) in [5, 5.41) is 0. The summed E-state index contributed by atoms with van der Waals surface area (Å²) in [6, 6.07) is 6.26. The quantitative estimate of drug-likeness (QED) is 0.822. The van der Waals surface area contributed by atoms with Crippen LogP contribution < -0.4 is 0 Å². The van der Waals surface area contributed by atoms with Crippen LogP contribution in [0, 0.1) is 6.92 Å². The molecular weight excluding hydrogens is 312 g/mol. The van der Waals surface area contributed by atoms with Crippen molar-refractivity contribution in [1.82, 2.24) is 19.7 Å². The van der Waals surface area contributed by atoms with E-state index in [1.54, 1.807) is 0 Å². The van der Waals surface area contributed by atoms with E-state index in [1.165, 1.54) is 0 Å². The van der Waals surface area contributed by atoms with Crippen molar-refractivity contribution in [3.8, 4) is 0 Å². The summed E-state index contributed by atoms with van der Waals surface area (Å²) in [6.07, 6.45) is 5.17. The lowest BCUT2D eigenvalue weighted by molar-refractivity contribution is -0.131. The molecule has 3 heterocycles. The second-order valence-corrected chi connectivity index (χ2v) is 7.97. The molecule has 1 atom stereocenters. The van der Waals surface area contributed by atoms with Crippen LogP contribution in [0.1, 0.15) is 43.5 Å². The number of pyridine rings is 1. The van der Waals surface area contributed by atoms with E-state index >= 15 is 0 Å². The summed E-state index contributed by atoms with van der Waals surface area (Å²) in [6.45, 7) is 6.95. The Balaban J connectivity index is 1.64. The van der Waals surface area contributed by atoms with Crippen LogP contribution in [-0.2, 0) is 11.3 Å². The van der Waals surface area contributed by atoms with Gasteiger partial charge in [-0.3, -0.25) is 14.7 Å². The molecule has 0 N–H and O–H groups in total. The van der Waals surface area contributed by atoms with Gasteiger partial charge in [0.2, 0.25) is 5.91 Å². The smallest absolute Gasteiger partial charge is 0.223 e.